The lowest BCUT2D eigenvalue weighted by Gasteiger charge is -2.23. The minimum absolute atomic E-state index is 0.0230. The number of hydrogen-bond donors (Lipinski definition) is 3. The summed E-state index contributed by atoms with van der Waals surface area (Å²) in [6, 6.07) is 6.07. The number of nitrogens with two attached hydrogens (primary N) is 2. The standard InChI is InChI=1S/C14H25N3O/c1-14(2,3)12-7-11(5-6-13(12)18-4)17-9-10(16)8-15/h5-7,10,17H,8-9,15-16H2,1-4H3. The molecule has 0 saturated carbocycles. The van der Waals surface area contributed by atoms with Gasteiger partial charge in [-0.2, -0.15) is 0 Å². The Labute approximate surface area is 110 Å². The third-order valence-corrected chi connectivity index (χ3v) is 2.88. The first-order chi connectivity index (χ1) is 8.38. The second-order valence-electron chi connectivity index (χ2n) is 5.54. The molecule has 0 aliphatic carbocycles. The second kappa shape index (κ2) is 6.07. The van der Waals surface area contributed by atoms with E-state index in [4.69, 9.17) is 16.2 Å². The molecule has 1 aromatic carbocycles. The monoisotopic (exact) mass is 251 g/mol. The molecule has 0 aliphatic rings. The van der Waals surface area contributed by atoms with Gasteiger partial charge in [0.25, 0.3) is 0 Å². The molecule has 1 aromatic rings. The van der Waals surface area contributed by atoms with Crippen LogP contribution in [0, 0.1) is 0 Å². The molecule has 4 heteroatoms. The molecule has 0 saturated heterocycles. The van der Waals surface area contributed by atoms with Crippen molar-refractivity contribution in [2.24, 2.45) is 11.5 Å². The van der Waals surface area contributed by atoms with E-state index < -0.39 is 0 Å². The molecule has 0 radical (unpaired) electrons. The van der Waals surface area contributed by atoms with Crippen LogP contribution in [0.25, 0.3) is 0 Å². The van der Waals surface area contributed by atoms with Crippen LogP contribution in [0.3, 0.4) is 0 Å². The molecule has 0 aromatic heterocycles. The van der Waals surface area contributed by atoms with Gasteiger partial charge >= 0.3 is 0 Å². The first kappa shape index (κ1) is 14.8. The molecule has 18 heavy (non-hydrogen) atoms. The molecular weight excluding hydrogens is 226 g/mol. The lowest BCUT2D eigenvalue weighted by molar-refractivity contribution is 0.397. The van der Waals surface area contributed by atoms with Crippen LogP contribution in [-0.4, -0.2) is 26.2 Å². The minimum Gasteiger partial charge on any atom is -0.496 e. The molecule has 0 spiro atoms. The van der Waals surface area contributed by atoms with Gasteiger partial charge in [0.05, 0.1) is 7.11 Å². The van der Waals surface area contributed by atoms with Crippen LogP contribution in [0.15, 0.2) is 18.2 Å². The van der Waals surface area contributed by atoms with Crippen molar-refractivity contribution in [3.63, 3.8) is 0 Å². The number of methoxy groups -OCH3 is 1. The van der Waals surface area contributed by atoms with Gasteiger partial charge in [-0.25, -0.2) is 0 Å². The molecular formula is C14H25N3O. The van der Waals surface area contributed by atoms with Crippen LogP contribution in [0.1, 0.15) is 26.3 Å². The normalized spacial score (nSPS) is 13.2. The fourth-order valence-electron chi connectivity index (χ4n) is 1.74. The molecule has 4 nitrogen and oxygen atoms in total. The van der Waals surface area contributed by atoms with Crippen LogP contribution >= 0.6 is 0 Å². The van der Waals surface area contributed by atoms with E-state index in [9.17, 15) is 0 Å². The molecule has 0 aliphatic heterocycles. The van der Waals surface area contributed by atoms with Gasteiger partial charge in [-0.15, -0.1) is 0 Å². The van der Waals surface area contributed by atoms with Crippen molar-refractivity contribution in [2.75, 3.05) is 25.5 Å². The highest BCUT2D eigenvalue weighted by molar-refractivity contribution is 5.53. The molecule has 0 fully saturated rings. The van der Waals surface area contributed by atoms with Crippen LogP contribution in [-0.2, 0) is 5.41 Å². The Bertz CT molecular complexity index is 385. The number of rotatable bonds is 5. The maximum atomic E-state index is 5.79. The molecule has 0 heterocycles. The van der Waals surface area contributed by atoms with Crippen molar-refractivity contribution in [1.82, 2.24) is 0 Å². The Balaban J connectivity index is 2.90. The van der Waals surface area contributed by atoms with E-state index in [1.165, 1.54) is 5.56 Å². The lowest BCUT2D eigenvalue weighted by atomic mass is 9.86. The first-order valence-corrected chi connectivity index (χ1v) is 6.26. The topological polar surface area (TPSA) is 73.3 Å². The molecule has 1 atom stereocenters. The summed E-state index contributed by atoms with van der Waals surface area (Å²) in [7, 11) is 1.70. The highest BCUT2D eigenvalue weighted by atomic mass is 16.5. The third kappa shape index (κ3) is 3.89. The summed E-state index contributed by atoms with van der Waals surface area (Å²) in [5.74, 6) is 0.913. The van der Waals surface area contributed by atoms with Crippen LogP contribution in [0.2, 0.25) is 0 Å². The molecule has 5 N–H and O–H groups in total. The van der Waals surface area contributed by atoms with Crippen LogP contribution in [0.5, 0.6) is 5.75 Å². The summed E-state index contributed by atoms with van der Waals surface area (Å²) in [6.45, 7) is 7.66. The predicted octanol–water partition coefficient (Wildman–Crippen LogP) is 1.69. The SMILES string of the molecule is COc1ccc(NCC(N)CN)cc1C(C)(C)C. The Kier molecular flexibility index (Phi) is 4.99. The van der Waals surface area contributed by atoms with Crippen molar-refractivity contribution in [2.45, 2.75) is 32.2 Å². The van der Waals surface area contributed by atoms with E-state index in [-0.39, 0.29) is 11.5 Å². The number of hydrogen-bond acceptors (Lipinski definition) is 4. The van der Waals surface area contributed by atoms with E-state index in [1.54, 1.807) is 7.11 Å². The fourth-order valence-corrected chi connectivity index (χ4v) is 1.74. The zero-order valence-corrected chi connectivity index (χ0v) is 11.8. The summed E-state index contributed by atoms with van der Waals surface area (Å²) in [5.41, 5.74) is 13.5. The van der Waals surface area contributed by atoms with Gasteiger partial charge in [0, 0.05) is 30.4 Å². The van der Waals surface area contributed by atoms with Crippen molar-refractivity contribution in [1.29, 1.82) is 0 Å². The van der Waals surface area contributed by atoms with Gasteiger partial charge in [-0.3, -0.25) is 0 Å². The summed E-state index contributed by atoms with van der Waals surface area (Å²) >= 11 is 0. The van der Waals surface area contributed by atoms with Gasteiger partial charge in [0.2, 0.25) is 0 Å². The summed E-state index contributed by atoms with van der Waals surface area (Å²) < 4.78 is 5.40. The molecule has 102 valence electrons. The molecule has 1 unspecified atom stereocenters. The first-order valence-electron chi connectivity index (χ1n) is 6.26. The molecule has 1 rings (SSSR count). The van der Waals surface area contributed by atoms with E-state index >= 15 is 0 Å². The molecule has 0 bridgehead atoms. The van der Waals surface area contributed by atoms with Gasteiger partial charge in [0.1, 0.15) is 5.75 Å². The van der Waals surface area contributed by atoms with Crippen molar-refractivity contribution in [3.05, 3.63) is 23.8 Å². The number of ether oxygens (including phenoxy) is 1. The van der Waals surface area contributed by atoms with Gasteiger partial charge in [-0.1, -0.05) is 20.8 Å². The quantitative estimate of drug-likeness (QED) is 0.744. The predicted molar refractivity (Wildman–Crippen MR) is 77.2 cm³/mol. The average molecular weight is 251 g/mol. The number of benzene rings is 1. The van der Waals surface area contributed by atoms with E-state index in [0.717, 1.165) is 11.4 Å². The van der Waals surface area contributed by atoms with E-state index in [2.05, 4.69) is 32.2 Å². The van der Waals surface area contributed by atoms with Crippen molar-refractivity contribution in [3.8, 4) is 5.75 Å². The summed E-state index contributed by atoms with van der Waals surface area (Å²) in [5, 5.41) is 3.30. The van der Waals surface area contributed by atoms with Gasteiger partial charge < -0.3 is 21.5 Å². The Morgan fingerprint density at radius 3 is 2.50 bits per heavy atom. The van der Waals surface area contributed by atoms with Gasteiger partial charge in [0.15, 0.2) is 0 Å². The Hall–Kier alpha value is -1.26. The summed E-state index contributed by atoms with van der Waals surface area (Å²) in [6.07, 6.45) is 0. The smallest absolute Gasteiger partial charge is 0.122 e. The molecule has 0 amide bonds. The third-order valence-electron chi connectivity index (χ3n) is 2.88. The van der Waals surface area contributed by atoms with Crippen LogP contribution in [0.4, 0.5) is 5.69 Å². The van der Waals surface area contributed by atoms with Crippen molar-refractivity contribution < 1.29 is 4.74 Å². The Morgan fingerprint density at radius 2 is 2.00 bits per heavy atom. The highest BCUT2D eigenvalue weighted by Crippen LogP contribution is 2.33. The van der Waals surface area contributed by atoms with Crippen LogP contribution < -0.4 is 21.5 Å². The Morgan fingerprint density at radius 1 is 1.33 bits per heavy atom. The highest BCUT2D eigenvalue weighted by Gasteiger charge is 2.19. The van der Waals surface area contributed by atoms with E-state index in [0.29, 0.717) is 13.1 Å². The maximum absolute atomic E-state index is 5.79. The minimum atomic E-state index is -0.0230. The number of anilines is 1. The van der Waals surface area contributed by atoms with E-state index in [1.807, 2.05) is 12.1 Å². The largest absolute Gasteiger partial charge is 0.496 e. The second-order valence-corrected chi connectivity index (χ2v) is 5.54. The zero-order valence-electron chi connectivity index (χ0n) is 11.8. The fraction of sp³-hybridized carbons (Fsp3) is 0.571. The summed E-state index contributed by atoms with van der Waals surface area (Å²) in [4.78, 5) is 0. The number of nitrogens with one attached hydrogen (secondary N) is 1. The average Bonchev–Trinajstić information content (AvgIpc) is 2.34. The van der Waals surface area contributed by atoms with Crippen molar-refractivity contribution >= 4 is 5.69 Å². The maximum Gasteiger partial charge on any atom is 0.122 e. The zero-order chi connectivity index (χ0) is 13.8. The lowest BCUT2D eigenvalue weighted by Crippen LogP contribution is -2.36. The van der Waals surface area contributed by atoms with Gasteiger partial charge in [-0.05, 0) is 23.6 Å².